The van der Waals surface area contributed by atoms with Gasteiger partial charge in [0.25, 0.3) is 0 Å². The van der Waals surface area contributed by atoms with Gasteiger partial charge in [-0.25, -0.2) is 4.79 Å². The monoisotopic (exact) mass is 301 g/mol. The van der Waals surface area contributed by atoms with Crippen LogP contribution < -0.4 is 16.0 Å². The van der Waals surface area contributed by atoms with Crippen LogP contribution in [-0.2, 0) is 0 Å². The van der Waals surface area contributed by atoms with Gasteiger partial charge in [0.15, 0.2) is 0 Å². The molecule has 0 bridgehead atoms. The van der Waals surface area contributed by atoms with E-state index in [0.29, 0.717) is 21.8 Å². The molecule has 0 spiro atoms. The van der Waals surface area contributed by atoms with Gasteiger partial charge in [-0.2, -0.15) is 0 Å². The number of urea groups is 1. The number of carbonyl (C=O) groups excluding carboxylic acids is 1. The highest BCUT2D eigenvalue weighted by molar-refractivity contribution is 6.42. The van der Waals surface area contributed by atoms with Gasteiger partial charge >= 0.3 is 6.03 Å². The molecule has 1 aliphatic heterocycles. The van der Waals surface area contributed by atoms with Gasteiger partial charge in [0, 0.05) is 17.8 Å². The van der Waals surface area contributed by atoms with Crippen LogP contribution >= 0.6 is 23.2 Å². The van der Waals surface area contributed by atoms with Crippen LogP contribution in [0.25, 0.3) is 0 Å². The van der Waals surface area contributed by atoms with E-state index in [0.717, 1.165) is 19.4 Å². The highest BCUT2D eigenvalue weighted by Gasteiger charge is 2.19. The third-order valence-electron chi connectivity index (χ3n) is 3.14. The van der Waals surface area contributed by atoms with Crippen molar-refractivity contribution in [3.8, 4) is 0 Å². The molecule has 0 radical (unpaired) electrons. The quantitative estimate of drug-likeness (QED) is 0.785. The van der Waals surface area contributed by atoms with Crippen molar-refractivity contribution in [2.75, 3.05) is 11.9 Å². The van der Waals surface area contributed by atoms with Crippen LogP contribution in [0.3, 0.4) is 0 Å². The first-order valence-electron chi connectivity index (χ1n) is 6.30. The van der Waals surface area contributed by atoms with Crippen LogP contribution in [0.2, 0.25) is 10.0 Å². The molecule has 1 heterocycles. The van der Waals surface area contributed by atoms with Crippen molar-refractivity contribution in [1.82, 2.24) is 10.6 Å². The maximum Gasteiger partial charge on any atom is 0.319 e. The second-order valence-corrected chi connectivity index (χ2v) is 5.62. The molecule has 1 fully saturated rings. The Morgan fingerprint density at radius 3 is 2.84 bits per heavy atom. The zero-order valence-electron chi connectivity index (χ0n) is 10.7. The second-order valence-electron chi connectivity index (χ2n) is 4.80. The molecule has 19 heavy (non-hydrogen) atoms. The number of piperidine rings is 1. The Labute approximate surface area is 122 Å². The Bertz CT molecular complexity index is 467. The highest BCUT2D eigenvalue weighted by Crippen LogP contribution is 2.24. The summed E-state index contributed by atoms with van der Waals surface area (Å²) >= 11 is 11.7. The van der Waals surface area contributed by atoms with Crippen LogP contribution in [0.15, 0.2) is 18.2 Å². The third kappa shape index (κ3) is 4.27. The number of amides is 2. The molecule has 1 aromatic rings. The number of benzene rings is 1. The van der Waals surface area contributed by atoms with E-state index in [1.165, 1.54) is 0 Å². The first-order valence-corrected chi connectivity index (χ1v) is 7.06. The summed E-state index contributed by atoms with van der Waals surface area (Å²) in [5.74, 6) is 0. The van der Waals surface area contributed by atoms with Gasteiger partial charge in [0.2, 0.25) is 0 Å². The number of rotatable bonds is 2. The number of carbonyl (C=O) groups is 1. The molecule has 0 aromatic heterocycles. The molecule has 6 heteroatoms. The molecule has 1 aromatic carbocycles. The van der Waals surface area contributed by atoms with E-state index in [2.05, 4.69) is 22.9 Å². The van der Waals surface area contributed by atoms with Crippen LogP contribution in [0.4, 0.5) is 10.5 Å². The Morgan fingerprint density at radius 1 is 1.37 bits per heavy atom. The molecule has 4 nitrogen and oxygen atoms in total. The van der Waals surface area contributed by atoms with Gasteiger partial charge in [0.05, 0.1) is 10.0 Å². The molecule has 2 atom stereocenters. The average molecular weight is 302 g/mol. The van der Waals surface area contributed by atoms with E-state index < -0.39 is 0 Å². The zero-order chi connectivity index (χ0) is 13.8. The van der Waals surface area contributed by atoms with Gasteiger partial charge in [-0.3, -0.25) is 0 Å². The van der Waals surface area contributed by atoms with Crippen molar-refractivity contribution in [1.29, 1.82) is 0 Å². The molecular formula is C13H17Cl2N3O. The van der Waals surface area contributed by atoms with Crippen molar-refractivity contribution in [3.05, 3.63) is 28.2 Å². The summed E-state index contributed by atoms with van der Waals surface area (Å²) in [6, 6.07) is 5.44. The normalized spacial score (nSPS) is 22.9. The molecular weight excluding hydrogens is 285 g/mol. The fraction of sp³-hybridized carbons (Fsp3) is 0.462. The van der Waals surface area contributed by atoms with Crippen molar-refractivity contribution in [2.45, 2.75) is 31.8 Å². The molecule has 1 aliphatic rings. The Kier molecular flexibility index (Phi) is 4.91. The van der Waals surface area contributed by atoms with E-state index in [1.54, 1.807) is 18.2 Å². The Morgan fingerprint density at radius 2 is 2.16 bits per heavy atom. The minimum absolute atomic E-state index is 0.207. The van der Waals surface area contributed by atoms with Crippen molar-refractivity contribution in [2.24, 2.45) is 0 Å². The average Bonchev–Trinajstić information content (AvgIpc) is 2.34. The molecule has 0 saturated carbocycles. The second kappa shape index (κ2) is 6.46. The third-order valence-corrected chi connectivity index (χ3v) is 3.88. The van der Waals surface area contributed by atoms with Crippen molar-refractivity contribution >= 4 is 34.9 Å². The van der Waals surface area contributed by atoms with Gasteiger partial charge in [-0.1, -0.05) is 23.2 Å². The smallest absolute Gasteiger partial charge is 0.319 e. The van der Waals surface area contributed by atoms with Crippen LogP contribution in [0, 0.1) is 0 Å². The first-order chi connectivity index (χ1) is 9.04. The topological polar surface area (TPSA) is 53.2 Å². The van der Waals surface area contributed by atoms with Crippen LogP contribution in [0.5, 0.6) is 0 Å². The lowest BCUT2D eigenvalue weighted by Gasteiger charge is -2.28. The number of anilines is 1. The Hall–Kier alpha value is -0.970. The van der Waals surface area contributed by atoms with E-state index in [-0.39, 0.29) is 12.1 Å². The lowest BCUT2D eigenvalue weighted by molar-refractivity contribution is 0.242. The zero-order valence-corrected chi connectivity index (χ0v) is 12.2. The summed E-state index contributed by atoms with van der Waals surface area (Å²) in [7, 11) is 0. The molecule has 2 rings (SSSR count). The van der Waals surface area contributed by atoms with Gasteiger partial charge in [0.1, 0.15) is 0 Å². The van der Waals surface area contributed by atoms with Crippen LogP contribution in [-0.4, -0.2) is 24.7 Å². The van der Waals surface area contributed by atoms with E-state index in [9.17, 15) is 4.79 Å². The fourth-order valence-electron chi connectivity index (χ4n) is 2.19. The van der Waals surface area contributed by atoms with Gasteiger partial charge in [-0.15, -0.1) is 0 Å². The maximum absolute atomic E-state index is 11.9. The molecule has 104 valence electrons. The first kappa shape index (κ1) is 14.4. The van der Waals surface area contributed by atoms with Crippen molar-refractivity contribution in [3.63, 3.8) is 0 Å². The maximum atomic E-state index is 11.9. The van der Waals surface area contributed by atoms with E-state index in [4.69, 9.17) is 23.2 Å². The lowest BCUT2D eigenvalue weighted by atomic mass is 10.0. The number of halogens is 2. The predicted octanol–water partition coefficient (Wildman–Crippen LogP) is 3.26. The summed E-state index contributed by atoms with van der Waals surface area (Å²) in [5.41, 5.74) is 0.633. The minimum Gasteiger partial charge on any atom is -0.335 e. The lowest BCUT2D eigenvalue weighted by Crippen LogP contribution is -2.47. The molecule has 3 N–H and O–H groups in total. The van der Waals surface area contributed by atoms with Gasteiger partial charge < -0.3 is 16.0 Å². The van der Waals surface area contributed by atoms with Crippen molar-refractivity contribution < 1.29 is 4.79 Å². The SMILES string of the molecule is CC1CC(NC(=O)Nc2ccc(Cl)c(Cl)c2)CCN1. The standard InChI is InChI=1S/C13H17Cl2N3O/c1-8-6-10(4-5-16-8)18-13(19)17-9-2-3-11(14)12(15)7-9/h2-3,7-8,10,16H,4-6H2,1H3,(H2,17,18,19). The number of hydrogen-bond acceptors (Lipinski definition) is 2. The van der Waals surface area contributed by atoms with E-state index in [1.807, 2.05) is 0 Å². The highest BCUT2D eigenvalue weighted by atomic mass is 35.5. The summed E-state index contributed by atoms with van der Waals surface area (Å²) in [4.78, 5) is 11.9. The van der Waals surface area contributed by atoms with Crippen LogP contribution in [0.1, 0.15) is 19.8 Å². The molecule has 1 saturated heterocycles. The van der Waals surface area contributed by atoms with E-state index >= 15 is 0 Å². The number of hydrogen-bond donors (Lipinski definition) is 3. The molecule has 0 aliphatic carbocycles. The summed E-state index contributed by atoms with van der Waals surface area (Å²) in [6.45, 7) is 3.05. The number of nitrogens with one attached hydrogen (secondary N) is 3. The molecule has 2 amide bonds. The summed E-state index contributed by atoms with van der Waals surface area (Å²) in [5, 5.41) is 9.97. The molecule has 2 unspecified atom stereocenters. The summed E-state index contributed by atoms with van der Waals surface area (Å²) in [6.07, 6.45) is 1.88. The van der Waals surface area contributed by atoms with Gasteiger partial charge in [-0.05, 0) is 44.5 Å². The predicted molar refractivity (Wildman–Crippen MR) is 79.1 cm³/mol. The Balaban J connectivity index is 1.88. The largest absolute Gasteiger partial charge is 0.335 e. The minimum atomic E-state index is -0.211. The summed E-state index contributed by atoms with van der Waals surface area (Å²) < 4.78 is 0. The fourth-order valence-corrected chi connectivity index (χ4v) is 2.49.